The molecule has 0 amide bonds. The summed E-state index contributed by atoms with van der Waals surface area (Å²) >= 11 is 5.18. The standard InChI is InChI=1S/C16H25N3OS/c1-12(2)11-18-6-8-19(9-7-18)15-10-13(20-3)4-5-14(15)16(17)21/h4-5,10,12H,6-9,11H2,1-3H3,(H2,17,21). The Labute approximate surface area is 132 Å². The van der Waals surface area contributed by atoms with E-state index in [-0.39, 0.29) is 0 Å². The lowest BCUT2D eigenvalue weighted by Gasteiger charge is -2.37. The highest BCUT2D eigenvalue weighted by Gasteiger charge is 2.20. The van der Waals surface area contributed by atoms with Crippen molar-refractivity contribution < 1.29 is 4.74 Å². The topological polar surface area (TPSA) is 41.7 Å². The van der Waals surface area contributed by atoms with Crippen molar-refractivity contribution in [3.05, 3.63) is 23.8 Å². The fraction of sp³-hybridized carbons (Fsp3) is 0.562. The number of hydrogen-bond acceptors (Lipinski definition) is 4. The van der Waals surface area contributed by atoms with Crippen LogP contribution in [-0.4, -0.2) is 49.7 Å². The van der Waals surface area contributed by atoms with Crippen molar-refractivity contribution >= 4 is 22.9 Å². The molecule has 0 bridgehead atoms. The molecule has 1 aromatic rings. The van der Waals surface area contributed by atoms with Gasteiger partial charge in [-0.25, -0.2) is 0 Å². The average Bonchev–Trinajstić information content (AvgIpc) is 2.46. The first-order valence-corrected chi connectivity index (χ1v) is 7.87. The lowest BCUT2D eigenvalue weighted by molar-refractivity contribution is 0.231. The van der Waals surface area contributed by atoms with Crippen LogP contribution in [0.15, 0.2) is 18.2 Å². The molecule has 5 heteroatoms. The van der Waals surface area contributed by atoms with Crippen molar-refractivity contribution in [3.63, 3.8) is 0 Å². The summed E-state index contributed by atoms with van der Waals surface area (Å²) in [5.74, 6) is 1.55. The van der Waals surface area contributed by atoms with E-state index in [2.05, 4.69) is 23.6 Å². The third-order valence-electron chi connectivity index (χ3n) is 3.81. The Bertz CT molecular complexity index is 496. The van der Waals surface area contributed by atoms with E-state index in [1.165, 1.54) is 0 Å². The van der Waals surface area contributed by atoms with Crippen molar-refractivity contribution in [2.45, 2.75) is 13.8 Å². The maximum atomic E-state index is 5.86. The minimum atomic E-state index is 0.442. The van der Waals surface area contributed by atoms with Crippen LogP contribution in [0.25, 0.3) is 0 Å². The monoisotopic (exact) mass is 307 g/mol. The van der Waals surface area contributed by atoms with Gasteiger partial charge in [-0.2, -0.15) is 0 Å². The fourth-order valence-corrected chi connectivity index (χ4v) is 2.97. The Balaban J connectivity index is 2.13. The highest BCUT2D eigenvalue weighted by molar-refractivity contribution is 7.80. The molecule has 4 nitrogen and oxygen atoms in total. The van der Waals surface area contributed by atoms with Crippen LogP contribution < -0.4 is 15.4 Å². The predicted octanol–water partition coefficient (Wildman–Crippen LogP) is 2.11. The first kappa shape index (κ1) is 16.0. The summed E-state index contributed by atoms with van der Waals surface area (Å²) in [6.45, 7) is 9.83. The minimum Gasteiger partial charge on any atom is -0.497 e. The van der Waals surface area contributed by atoms with E-state index in [1.807, 2.05) is 18.2 Å². The number of hydrogen-bond donors (Lipinski definition) is 1. The molecule has 1 aliphatic heterocycles. The van der Waals surface area contributed by atoms with Gasteiger partial charge in [-0.3, -0.25) is 4.90 Å². The number of anilines is 1. The number of benzene rings is 1. The molecule has 1 heterocycles. The second-order valence-electron chi connectivity index (χ2n) is 5.93. The van der Waals surface area contributed by atoms with E-state index < -0.39 is 0 Å². The molecule has 0 spiro atoms. The van der Waals surface area contributed by atoms with E-state index in [4.69, 9.17) is 22.7 Å². The summed E-state index contributed by atoms with van der Waals surface area (Å²) < 4.78 is 5.33. The fourth-order valence-electron chi connectivity index (χ4n) is 2.80. The molecule has 0 saturated carbocycles. The predicted molar refractivity (Wildman–Crippen MR) is 92.4 cm³/mol. The lowest BCUT2D eigenvalue weighted by atomic mass is 10.1. The highest BCUT2D eigenvalue weighted by atomic mass is 32.1. The second-order valence-corrected chi connectivity index (χ2v) is 6.37. The zero-order valence-electron chi connectivity index (χ0n) is 13.1. The molecular weight excluding hydrogens is 282 g/mol. The number of thiocarbonyl (C=S) groups is 1. The van der Waals surface area contributed by atoms with Crippen molar-refractivity contribution in [2.24, 2.45) is 11.7 Å². The molecule has 0 aromatic heterocycles. The molecule has 1 saturated heterocycles. The average molecular weight is 307 g/mol. The minimum absolute atomic E-state index is 0.442. The van der Waals surface area contributed by atoms with E-state index in [1.54, 1.807) is 7.11 Å². The van der Waals surface area contributed by atoms with Gasteiger partial charge in [0.25, 0.3) is 0 Å². The van der Waals surface area contributed by atoms with Crippen molar-refractivity contribution in [3.8, 4) is 5.75 Å². The van der Waals surface area contributed by atoms with E-state index in [0.717, 1.165) is 49.7 Å². The van der Waals surface area contributed by atoms with Gasteiger partial charge in [0.15, 0.2) is 0 Å². The number of piperazine rings is 1. The van der Waals surface area contributed by atoms with Gasteiger partial charge < -0.3 is 15.4 Å². The third kappa shape index (κ3) is 4.08. The number of rotatable bonds is 5. The molecule has 1 aliphatic rings. The molecule has 0 atom stereocenters. The maximum Gasteiger partial charge on any atom is 0.120 e. The normalized spacial score (nSPS) is 16.3. The SMILES string of the molecule is COc1ccc(C(N)=S)c(N2CCN(CC(C)C)CC2)c1. The van der Waals surface area contributed by atoms with Gasteiger partial charge in [0.2, 0.25) is 0 Å². The van der Waals surface area contributed by atoms with Crippen LogP contribution in [0.1, 0.15) is 19.4 Å². The van der Waals surface area contributed by atoms with Gasteiger partial charge in [0.1, 0.15) is 10.7 Å². The van der Waals surface area contributed by atoms with E-state index >= 15 is 0 Å². The van der Waals surface area contributed by atoms with Crippen LogP contribution in [0.5, 0.6) is 5.75 Å². The second kappa shape index (κ2) is 7.09. The van der Waals surface area contributed by atoms with E-state index in [0.29, 0.717) is 10.9 Å². The number of nitrogens with two attached hydrogens (primary N) is 1. The van der Waals surface area contributed by atoms with Crippen LogP contribution in [-0.2, 0) is 0 Å². The van der Waals surface area contributed by atoms with Gasteiger partial charge >= 0.3 is 0 Å². The number of ether oxygens (including phenoxy) is 1. The summed E-state index contributed by atoms with van der Waals surface area (Å²) in [5, 5.41) is 0. The third-order valence-corrected chi connectivity index (χ3v) is 4.03. The summed E-state index contributed by atoms with van der Waals surface area (Å²) in [7, 11) is 1.68. The van der Waals surface area contributed by atoms with Crippen molar-refractivity contribution in [2.75, 3.05) is 44.7 Å². The zero-order valence-corrected chi connectivity index (χ0v) is 13.9. The zero-order chi connectivity index (χ0) is 15.4. The van der Waals surface area contributed by atoms with Gasteiger partial charge in [0, 0.05) is 44.4 Å². The van der Waals surface area contributed by atoms with Gasteiger partial charge in [-0.05, 0) is 18.1 Å². The molecule has 2 N–H and O–H groups in total. The molecule has 116 valence electrons. The Kier molecular flexibility index (Phi) is 5.42. The summed E-state index contributed by atoms with van der Waals surface area (Å²) in [4.78, 5) is 5.31. The summed E-state index contributed by atoms with van der Waals surface area (Å²) in [6, 6.07) is 5.90. The van der Waals surface area contributed by atoms with Gasteiger partial charge in [0.05, 0.1) is 12.8 Å². The Morgan fingerprint density at radius 1 is 1.29 bits per heavy atom. The van der Waals surface area contributed by atoms with Gasteiger partial charge in [-0.15, -0.1) is 0 Å². The summed E-state index contributed by atoms with van der Waals surface area (Å²) in [5.41, 5.74) is 7.88. The maximum absolute atomic E-state index is 5.86. The van der Waals surface area contributed by atoms with Crippen LogP contribution in [0.2, 0.25) is 0 Å². The first-order valence-electron chi connectivity index (χ1n) is 7.46. The molecule has 1 aromatic carbocycles. The first-order chi connectivity index (χ1) is 10.0. The van der Waals surface area contributed by atoms with Gasteiger partial charge in [-0.1, -0.05) is 26.1 Å². The van der Waals surface area contributed by atoms with Crippen LogP contribution >= 0.6 is 12.2 Å². The largest absolute Gasteiger partial charge is 0.497 e. The Morgan fingerprint density at radius 3 is 2.48 bits per heavy atom. The summed E-state index contributed by atoms with van der Waals surface area (Å²) in [6.07, 6.45) is 0. The smallest absolute Gasteiger partial charge is 0.120 e. The molecule has 1 fully saturated rings. The molecule has 0 unspecified atom stereocenters. The van der Waals surface area contributed by atoms with Crippen molar-refractivity contribution in [1.82, 2.24) is 4.90 Å². The van der Waals surface area contributed by atoms with Crippen molar-refractivity contribution in [1.29, 1.82) is 0 Å². The molecular formula is C16H25N3OS. The van der Waals surface area contributed by atoms with Crippen LogP contribution in [0.4, 0.5) is 5.69 Å². The highest BCUT2D eigenvalue weighted by Crippen LogP contribution is 2.27. The molecule has 0 radical (unpaired) electrons. The van der Waals surface area contributed by atoms with Crippen LogP contribution in [0, 0.1) is 5.92 Å². The molecule has 21 heavy (non-hydrogen) atoms. The molecule has 2 rings (SSSR count). The number of methoxy groups -OCH3 is 1. The van der Waals surface area contributed by atoms with Crippen LogP contribution in [0.3, 0.4) is 0 Å². The lowest BCUT2D eigenvalue weighted by Crippen LogP contribution is -2.47. The number of nitrogens with zero attached hydrogens (tertiary/aromatic N) is 2. The molecule has 0 aliphatic carbocycles. The Hall–Kier alpha value is -1.33. The quantitative estimate of drug-likeness (QED) is 0.844. The Morgan fingerprint density at radius 2 is 1.95 bits per heavy atom. The van der Waals surface area contributed by atoms with E-state index in [9.17, 15) is 0 Å².